The summed E-state index contributed by atoms with van der Waals surface area (Å²) in [5.74, 6) is -0.423. The van der Waals surface area contributed by atoms with Gasteiger partial charge in [0.15, 0.2) is 0 Å². The van der Waals surface area contributed by atoms with Crippen LogP contribution in [0.4, 0.5) is 0 Å². The van der Waals surface area contributed by atoms with Crippen LogP contribution in [0.15, 0.2) is 35.9 Å². The summed E-state index contributed by atoms with van der Waals surface area (Å²) in [6.45, 7) is 7.26. The third-order valence-electron chi connectivity index (χ3n) is 4.25. The molecular formula is C22H27NO5. The number of benzene rings is 1. The lowest BCUT2D eigenvalue weighted by Crippen LogP contribution is -2.27. The maximum absolute atomic E-state index is 12.0. The molecule has 150 valence electrons. The third-order valence-corrected chi connectivity index (χ3v) is 4.25. The maximum atomic E-state index is 12.0. The zero-order valence-electron chi connectivity index (χ0n) is 17.1. The minimum atomic E-state index is -0.770. The second-order valence-electron chi connectivity index (χ2n) is 6.81. The molecule has 0 spiro atoms. The minimum absolute atomic E-state index is 0.0525. The first kappa shape index (κ1) is 23.0. The summed E-state index contributed by atoms with van der Waals surface area (Å²) in [5.41, 5.74) is 1.15. The molecule has 0 fully saturated rings. The molecule has 0 aliphatic heterocycles. The van der Waals surface area contributed by atoms with Gasteiger partial charge >= 0.3 is 11.9 Å². The Morgan fingerprint density at radius 2 is 1.89 bits per heavy atom. The van der Waals surface area contributed by atoms with E-state index < -0.39 is 11.4 Å². The Morgan fingerprint density at radius 3 is 2.50 bits per heavy atom. The molecule has 0 radical (unpaired) electrons. The van der Waals surface area contributed by atoms with Gasteiger partial charge in [-0.25, -0.2) is 4.79 Å². The van der Waals surface area contributed by atoms with E-state index in [0.29, 0.717) is 12.2 Å². The topological polar surface area (TPSA) is 85.6 Å². The van der Waals surface area contributed by atoms with Crippen LogP contribution in [-0.2, 0) is 19.1 Å². The molecule has 0 saturated carbocycles. The summed E-state index contributed by atoms with van der Waals surface area (Å²) in [4.78, 5) is 23.8. The van der Waals surface area contributed by atoms with Crippen molar-refractivity contribution in [1.82, 2.24) is 0 Å². The first-order chi connectivity index (χ1) is 13.2. The molecule has 0 aromatic heterocycles. The maximum Gasteiger partial charge on any atom is 0.349 e. The monoisotopic (exact) mass is 385 g/mol. The molecule has 0 saturated heterocycles. The van der Waals surface area contributed by atoms with Gasteiger partial charge in [-0.2, -0.15) is 5.26 Å². The van der Waals surface area contributed by atoms with Gasteiger partial charge in [-0.1, -0.05) is 31.2 Å². The first-order valence-corrected chi connectivity index (χ1v) is 9.02. The Bertz CT molecular complexity index is 800. The van der Waals surface area contributed by atoms with E-state index in [1.807, 2.05) is 32.0 Å². The van der Waals surface area contributed by atoms with E-state index in [4.69, 9.17) is 19.5 Å². The molecule has 0 bridgehead atoms. The fourth-order valence-electron chi connectivity index (χ4n) is 2.04. The van der Waals surface area contributed by atoms with Crippen LogP contribution in [0, 0.1) is 23.7 Å². The normalized spacial score (nSPS) is 11.8. The van der Waals surface area contributed by atoms with Crippen molar-refractivity contribution in [3.8, 4) is 11.8 Å². The molecule has 0 heterocycles. The number of allylic oxidation sites excluding steroid dienone is 2. The highest BCUT2D eigenvalue weighted by Gasteiger charge is 2.26. The van der Waals surface area contributed by atoms with Crippen molar-refractivity contribution in [3.63, 3.8) is 0 Å². The van der Waals surface area contributed by atoms with Crippen LogP contribution in [0.3, 0.4) is 0 Å². The minimum Gasteiger partial charge on any atom is -0.496 e. The van der Waals surface area contributed by atoms with Gasteiger partial charge in [-0.05, 0) is 44.9 Å². The summed E-state index contributed by atoms with van der Waals surface area (Å²) in [6, 6.07) is 7.52. The molecule has 1 aromatic carbocycles. The summed E-state index contributed by atoms with van der Waals surface area (Å²) in [7, 11) is 1.58. The van der Waals surface area contributed by atoms with Gasteiger partial charge in [0, 0.05) is 5.56 Å². The van der Waals surface area contributed by atoms with Crippen LogP contribution in [0.2, 0.25) is 0 Å². The van der Waals surface area contributed by atoms with E-state index >= 15 is 0 Å². The Balaban J connectivity index is 2.62. The van der Waals surface area contributed by atoms with Crippen molar-refractivity contribution in [3.05, 3.63) is 47.1 Å². The zero-order valence-corrected chi connectivity index (χ0v) is 17.1. The summed E-state index contributed by atoms with van der Waals surface area (Å²) in [5, 5.41) is 9.15. The number of nitrogens with zero attached hydrogens (tertiary/aromatic N) is 1. The lowest BCUT2D eigenvalue weighted by molar-refractivity contribution is -0.158. The highest BCUT2D eigenvalue weighted by atomic mass is 16.6. The predicted molar refractivity (Wildman–Crippen MR) is 106 cm³/mol. The number of hydrogen-bond acceptors (Lipinski definition) is 6. The molecular weight excluding hydrogens is 358 g/mol. The molecule has 0 amide bonds. The Labute approximate surface area is 166 Å². The number of methoxy groups -OCH3 is 1. The highest BCUT2D eigenvalue weighted by Crippen LogP contribution is 2.22. The second kappa shape index (κ2) is 10.9. The van der Waals surface area contributed by atoms with E-state index in [0.717, 1.165) is 11.1 Å². The standard InChI is InChI=1S/C22H27NO5/c1-6-22(3,4)21(25)28-13-12-27-20(24)18(15-23)9-7-8-17-11-10-16(2)14-19(17)26-5/h7-11,14H,6,12-13H2,1-5H3/b8-7+,18-9+. The van der Waals surface area contributed by atoms with Crippen molar-refractivity contribution in [2.45, 2.75) is 34.1 Å². The molecule has 6 nitrogen and oxygen atoms in total. The number of esters is 2. The molecule has 6 heteroatoms. The van der Waals surface area contributed by atoms with Gasteiger partial charge in [-0.3, -0.25) is 4.79 Å². The van der Waals surface area contributed by atoms with E-state index in [1.54, 1.807) is 39.2 Å². The highest BCUT2D eigenvalue weighted by molar-refractivity contribution is 5.93. The average molecular weight is 385 g/mol. The number of rotatable bonds is 9. The summed E-state index contributed by atoms with van der Waals surface area (Å²) in [6.07, 6.45) is 5.33. The Hall–Kier alpha value is -3.07. The number of aryl methyl sites for hydroxylation is 1. The van der Waals surface area contributed by atoms with E-state index in [1.165, 1.54) is 6.08 Å². The Morgan fingerprint density at radius 1 is 1.21 bits per heavy atom. The summed E-state index contributed by atoms with van der Waals surface area (Å²) < 4.78 is 15.4. The molecule has 1 aromatic rings. The van der Waals surface area contributed by atoms with Gasteiger partial charge < -0.3 is 14.2 Å². The number of hydrogen-bond donors (Lipinski definition) is 0. The van der Waals surface area contributed by atoms with Crippen LogP contribution >= 0.6 is 0 Å². The van der Waals surface area contributed by atoms with Crippen LogP contribution in [0.1, 0.15) is 38.3 Å². The first-order valence-electron chi connectivity index (χ1n) is 9.02. The zero-order chi connectivity index (χ0) is 21.2. The van der Waals surface area contributed by atoms with Crippen LogP contribution in [0.25, 0.3) is 6.08 Å². The quantitative estimate of drug-likeness (QED) is 0.210. The van der Waals surface area contributed by atoms with Crippen molar-refractivity contribution in [2.24, 2.45) is 5.41 Å². The van der Waals surface area contributed by atoms with Crippen LogP contribution in [-0.4, -0.2) is 32.3 Å². The molecule has 0 aliphatic carbocycles. The number of carbonyl (C=O) groups excluding carboxylic acids is 2. The molecule has 0 unspecified atom stereocenters. The van der Waals surface area contributed by atoms with Crippen LogP contribution in [0.5, 0.6) is 5.75 Å². The lowest BCUT2D eigenvalue weighted by atomic mass is 9.91. The predicted octanol–water partition coefficient (Wildman–Crippen LogP) is 3.99. The number of nitriles is 1. The van der Waals surface area contributed by atoms with Crippen LogP contribution < -0.4 is 4.74 Å². The Kier molecular flexibility index (Phi) is 8.97. The van der Waals surface area contributed by atoms with E-state index in [-0.39, 0.29) is 24.8 Å². The SMILES string of the molecule is CCC(C)(C)C(=O)OCCOC(=O)/C(C#N)=C/C=C/c1ccc(C)cc1OC. The molecule has 0 atom stereocenters. The van der Waals surface area contributed by atoms with Crippen molar-refractivity contribution in [1.29, 1.82) is 5.26 Å². The van der Waals surface area contributed by atoms with Gasteiger partial charge in [0.1, 0.15) is 30.6 Å². The fourth-order valence-corrected chi connectivity index (χ4v) is 2.04. The third kappa shape index (κ3) is 6.92. The smallest absolute Gasteiger partial charge is 0.349 e. The summed E-state index contributed by atoms with van der Waals surface area (Å²) >= 11 is 0. The van der Waals surface area contributed by atoms with Gasteiger partial charge in [0.2, 0.25) is 0 Å². The van der Waals surface area contributed by atoms with E-state index in [2.05, 4.69) is 0 Å². The number of carbonyl (C=O) groups is 2. The molecule has 0 N–H and O–H groups in total. The van der Waals surface area contributed by atoms with Crippen molar-refractivity contribution < 1.29 is 23.8 Å². The van der Waals surface area contributed by atoms with Gasteiger partial charge in [0.05, 0.1) is 12.5 Å². The van der Waals surface area contributed by atoms with Gasteiger partial charge in [0.25, 0.3) is 0 Å². The number of ether oxygens (including phenoxy) is 3. The molecule has 28 heavy (non-hydrogen) atoms. The van der Waals surface area contributed by atoms with Crippen molar-refractivity contribution in [2.75, 3.05) is 20.3 Å². The van der Waals surface area contributed by atoms with Gasteiger partial charge in [-0.15, -0.1) is 0 Å². The largest absolute Gasteiger partial charge is 0.496 e. The fraction of sp³-hybridized carbons (Fsp3) is 0.409. The average Bonchev–Trinajstić information content (AvgIpc) is 2.68. The lowest BCUT2D eigenvalue weighted by Gasteiger charge is -2.20. The molecule has 1 rings (SSSR count). The van der Waals surface area contributed by atoms with Crippen molar-refractivity contribution >= 4 is 18.0 Å². The second-order valence-corrected chi connectivity index (χ2v) is 6.81. The van der Waals surface area contributed by atoms with E-state index in [9.17, 15) is 9.59 Å². The molecule has 0 aliphatic rings.